The first-order valence-corrected chi connectivity index (χ1v) is 22.6. The number of aliphatic hydroxyl groups is 3. The third-order valence-electron chi connectivity index (χ3n) is 12.4. The molecule has 16 heteroatoms. The smallest absolute Gasteiger partial charge is 0.269 e. The van der Waals surface area contributed by atoms with Crippen molar-refractivity contribution in [3.8, 4) is 23.0 Å². The lowest BCUT2D eigenvalue weighted by atomic mass is 9.55. The van der Waals surface area contributed by atoms with Crippen molar-refractivity contribution >= 4 is 29.7 Å². The summed E-state index contributed by atoms with van der Waals surface area (Å²) in [7, 11) is 1.49. The van der Waals surface area contributed by atoms with Crippen molar-refractivity contribution in [2.45, 2.75) is 69.6 Å². The first-order chi connectivity index (χ1) is 32.2. The van der Waals surface area contributed by atoms with Crippen LogP contribution in [0, 0.1) is 27.9 Å². The molecule has 3 aromatic carbocycles. The molecule has 3 N–H and O–H groups in total. The number of carbonyl (C=O) groups is 2. The number of nitrogens with zero attached hydrogens (tertiary/aromatic N) is 3. The molecule has 354 valence electrons. The highest BCUT2D eigenvalue weighted by molar-refractivity contribution is 6.03. The molecule has 1 fully saturated rings. The molecule has 6 unspecified atom stereocenters. The Hall–Kier alpha value is -5.91. The van der Waals surface area contributed by atoms with Crippen LogP contribution in [0.5, 0.6) is 23.0 Å². The summed E-state index contributed by atoms with van der Waals surface area (Å²) in [5.41, 5.74) is 3.12. The predicted molar refractivity (Wildman–Crippen MR) is 247 cm³/mol. The number of nitro benzene ring substituents is 1. The van der Waals surface area contributed by atoms with Gasteiger partial charge in [-0.25, -0.2) is 0 Å². The number of rotatable bonds is 26. The Kier molecular flexibility index (Phi) is 18.0. The maximum Gasteiger partial charge on any atom is 0.269 e. The molecule has 1 heterocycles. The van der Waals surface area contributed by atoms with Crippen molar-refractivity contribution in [1.82, 2.24) is 4.90 Å². The van der Waals surface area contributed by atoms with Gasteiger partial charge in [0.1, 0.15) is 35.6 Å². The predicted octanol–water partition coefficient (Wildman–Crippen LogP) is 7.41. The van der Waals surface area contributed by atoms with Gasteiger partial charge in [0.15, 0.2) is 6.29 Å². The van der Waals surface area contributed by atoms with Crippen LogP contribution in [0.4, 0.5) is 5.69 Å². The van der Waals surface area contributed by atoms with E-state index in [1.54, 1.807) is 53.5 Å². The van der Waals surface area contributed by atoms with E-state index in [1.165, 1.54) is 25.3 Å². The number of hydrogen-bond acceptors (Lipinski definition) is 14. The van der Waals surface area contributed by atoms with Gasteiger partial charge in [-0.15, -0.1) is 6.58 Å². The number of benzene rings is 3. The maximum atomic E-state index is 14.8. The maximum absolute atomic E-state index is 14.8. The number of ether oxygens (including phenoxy) is 5. The topological polar surface area (TPSA) is 209 Å². The van der Waals surface area contributed by atoms with Gasteiger partial charge < -0.3 is 48.7 Å². The summed E-state index contributed by atoms with van der Waals surface area (Å²) in [5, 5.41) is 45.6. The van der Waals surface area contributed by atoms with E-state index >= 15 is 0 Å². The molecular formula is C50H61N3O13. The highest BCUT2D eigenvalue weighted by Crippen LogP contribution is 2.62. The number of fused-ring (bicyclic) bond motifs is 2. The summed E-state index contributed by atoms with van der Waals surface area (Å²) in [6, 6.07) is 15.6. The minimum absolute atomic E-state index is 0.00603. The van der Waals surface area contributed by atoms with Gasteiger partial charge in [-0.3, -0.25) is 19.7 Å². The van der Waals surface area contributed by atoms with Crippen molar-refractivity contribution in [2.75, 3.05) is 59.9 Å². The molecule has 3 aromatic rings. The minimum atomic E-state index is -1.56. The van der Waals surface area contributed by atoms with Crippen LogP contribution in [-0.2, 0) is 19.1 Å². The van der Waals surface area contributed by atoms with E-state index in [4.69, 9.17) is 33.7 Å². The summed E-state index contributed by atoms with van der Waals surface area (Å²) in [6.45, 7) is 6.21. The molecule has 0 spiro atoms. The SMILES string of the molecule is C=CCOC12Oc3ccc(Oc4ccc(OC)c(C=O)c4)cc3C3C(CCCCO)C(CCCCO)C=C(C(=NOCC)CC1N(CCOCCO)C(=O)C=Cc1ccc([N+](=O)[O-])cc1)C32. The molecule has 3 aliphatic rings. The lowest BCUT2D eigenvalue weighted by Gasteiger charge is -2.60. The number of unbranched alkanes of at least 4 members (excludes halogenated alkanes) is 2. The van der Waals surface area contributed by atoms with Gasteiger partial charge in [0.2, 0.25) is 11.7 Å². The van der Waals surface area contributed by atoms with E-state index in [0.717, 1.165) is 36.8 Å². The molecular weight excluding hydrogens is 851 g/mol. The Bertz CT molecular complexity index is 2230. The zero-order chi connectivity index (χ0) is 47.1. The Morgan fingerprint density at radius 3 is 2.42 bits per heavy atom. The van der Waals surface area contributed by atoms with E-state index < -0.39 is 28.6 Å². The van der Waals surface area contributed by atoms with Crippen molar-refractivity contribution in [3.05, 3.63) is 118 Å². The molecule has 0 aromatic heterocycles. The number of aldehydes is 1. The van der Waals surface area contributed by atoms with E-state index in [9.17, 15) is 35.0 Å². The van der Waals surface area contributed by atoms with E-state index in [2.05, 4.69) is 12.7 Å². The number of non-ortho nitro benzene ring substituents is 1. The first kappa shape index (κ1) is 49.5. The molecule has 0 saturated heterocycles. The lowest BCUT2D eigenvalue weighted by molar-refractivity contribution is -0.384. The summed E-state index contributed by atoms with van der Waals surface area (Å²) >= 11 is 0. The number of oxime groups is 1. The van der Waals surface area contributed by atoms with Gasteiger partial charge in [-0.2, -0.15) is 0 Å². The molecule has 1 saturated carbocycles. The largest absolute Gasteiger partial charge is 0.496 e. The first-order valence-electron chi connectivity index (χ1n) is 22.6. The standard InChI is InChI=1S/C50H61N3O13/c1-4-26-63-50-46(52(22-27-62-28-25-56)47(58)21-14-34-12-15-37(16-13-34)53(59)60)32-43(51-64-5-2)41-30-35(10-6-8-23-54)40(11-7-9-24-55)48(49(41)50)42-31-39(18-20-45(42)66-50)65-38-17-19-44(61-3)36(29-38)33-57/h4,12-21,29-31,33,35,40,46,48-49,54-56H,1,5-11,22-28,32H2,2-3H3. The number of methoxy groups -OCH3 is 1. The molecule has 1 aliphatic heterocycles. The van der Waals surface area contributed by atoms with Crippen LogP contribution in [0.3, 0.4) is 0 Å². The van der Waals surface area contributed by atoms with E-state index in [-0.39, 0.29) is 82.7 Å². The number of aliphatic hydroxyl groups excluding tert-OH is 3. The molecule has 2 aliphatic carbocycles. The molecule has 16 nitrogen and oxygen atoms in total. The summed E-state index contributed by atoms with van der Waals surface area (Å²) in [4.78, 5) is 45.1. The molecule has 66 heavy (non-hydrogen) atoms. The Morgan fingerprint density at radius 1 is 1.00 bits per heavy atom. The van der Waals surface area contributed by atoms with Crippen LogP contribution in [0.1, 0.15) is 79.3 Å². The molecule has 1 amide bonds. The van der Waals surface area contributed by atoms with Crippen LogP contribution in [0.2, 0.25) is 0 Å². The van der Waals surface area contributed by atoms with Gasteiger partial charge >= 0.3 is 0 Å². The zero-order valence-electron chi connectivity index (χ0n) is 37.6. The lowest BCUT2D eigenvalue weighted by Crippen LogP contribution is -2.70. The van der Waals surface area contributed by atoms with Crippen molar-refractivity contribution in [3.63, 3.8) is 0 Å². The van der Waals surface area contributed by atoms with Crippen molar-refractivity contribution < 1.29 is 58.4 Å². The average molecular weight is 912 g/mol. The van der Waals surface area contributed by atoms with Gasteiger partial charge in [0.05, 0.1) is 55.7 Å². The van der Waals surface area contributed by atoms with Gasteiger partial charge in [-0.1, -0.05) is 30.1 Å². The normalized spacial score (nSPS) is 22.4. The Labute approximate surface area is 385 Å². The highest BCUT2D eigenvalue weighted by atomic mass is 16.7. The second-order valence-electron chi connectivity index (χ2n) is 16.4. The van der Waals surface area contributed by atoms with Crippen molar-refractivity contribution in [2.24, 2.45) is 22.9 Å². The number of allylic oxidation sites excluding steroid dienone is 1. The zero-order valence-corrected chi connectivity index (χ0v) is 37.6. The van der Waals surface area contributed by atoms with Crippen LogP contribution in [0.25, 0.3) is 6.08 Å². The fourth-order valence-electron chi connectivity index (χ4n) is 9.58. The average Bonchev–Trinajstić information content (AvgIpc) is 3.33. The van der Waals surface area contributed by atoms with Crippen LogP contribution in [-0.4, -0.2) is 115 Å². The Balaban J connectivity index is 1.56. The number of amides is 1. The third kappa shape index (κ3) is 11.4. The minimum Gasteiger partial charge on any atom is -0.496 e. The van der Waals surface area contributed by atoms with Crippen molar-refractivity contribution in [1.29, 1.82) is 0 Å². The van der Waals surface area contributed by atoms with Crippen LogP contribution in [0.15, 0.2) is 96.2 Å². The molecule has 6 atom stereocenters. The fourth-order valence-corrected chi connectivity index (χ4v) is 9.58. The monoisotopic (exact) mass is 911 g/mol. The van der Waals surface area contributed by atoms with Gasteiger partial charge in [0.25, 0.3) is 5.69 Å². The number of hydrogen-bond donors (Lipinski definition) is 3. The third-order valence-corrected chi connectivity index (χ3v) is 12.4. The van der Waals surface area contributed by atoms with Gasteiger partial charge in [-0.05, 0) is 110 Å². The van der Waals surface area contributed by atoms with E-state index in [1.807, 2.05) is 19.1 Å². The second kappa shape index (κ2) is 24.0. The number of nitro groups is 1. The summed E-state index contributed by atoms with van der Waals surface area (Å²) in [6.07, 6.45) is 11.9. The molecule has 6 rings (SSSR count). The highest BCUT2D eigenvalue weighted by Gasteiger charge is 2.65. The number of carbonyl (C=O) groups excluding carboxylic acids is 2. The second-order valence-corrected chi connectivity index (χ2v) is 16.4. The summed E-state index contributed by atoms with van der Waals surface area (Å²) < 4.78 is 31.9. The van der Waals surface area contributed by atoms with Crippen LogP contribution < -0.4 is 14.2 Å². The molecule has 0 bridgehead atoms. The van der Waals surface area contributed by atoms with E-state index in [0.29, 0.717) is 59.0 Å². The Morgan fingerprint density at radius 2 is 1.74 bits per heavy atom. The molecule has 0 radical (unpaired) electrons. The van der Waals surface area contributed by atoms with Gasteiger partial charge in [0, 0.05) is 55.9 Å². The van der Waals surface area contributed by atoms with Crippen LogP contribution >= 0.6 is 0 Å². The summed E-state index contributed by atoms with van der Waals surface area (Å²) in [5.74, 6) is -1.13. The quantitative estimate of drug-likeness (QED) is 0.0179. The fraction of sp³-hybridized carbons (Fsp3) is 0.460.